The number of carbonyl (C=O) groups is 1. The van der Waals surface area contributed by atoms with Gasteiger partial charge in [0, 0.05) is 6.42 Å². The molecule has 0 aliphatic heterocycles. The third kappa shape index (κ3) is 3.02. The highest BCUT2D eigenvalue weighted by Gasteiger charge is 2.30. The number of rotatable bonds is 4. The van der Waals surface area contributed by atoms with Gasteiger partial charge in [-0.1, -0.05) is 13.0 Å². The van der Waals surface area contributed by atoms with Crippen LogP contribution in [0.2, 0.25) is 0 Å². The van der Waals surface area contributed by atoms with Crippen LogP contribution in [0.15, 0.2) is 29.1 Å². The Balaban J connectivity index is 2.57. The minimum atomic E-state index is -4.54. The number of aryl methyl sites for hydroxylation is 1. The summed E-state index contributed by atoms with van der Waals surface area (Å²) in [5.41, 5.74) is -1.78. The van der Waals surface area contributed by atoms with Crippen molar-refractivity contribution in [1.29, 1.82) is 0 Å². The molecule has 0 aliphatic carbocycles. The molecule has 118 valence electrons. The van der Waals surface area contributed by atoms with Crippen molar-refractivity contribution in [3.63, 3.8) is 0 Å². The summed E-state index contributed by atoms with van der Waals surface area (Å²) in [4.78, 5) is 22.9. The van der Waals surface area contributed by atoms with Gasteiger partial charge in [-0.05, 0) is 18.2 Å². The van der Waals surface area contributed by atoms with Gasteiger partial charge in [-0.2, -0.15) is 17.9 Å². The van der Waals surface area contributed by atoms with Gasteiger partial charge in [-0.15, -0.1) is 5.10 Å². The number of aliphatic carboxylic acids is 1. The number of alkyl halides is 3. The molecule has 1 heterocycles. The normalized spacial score (nSPS) is 11.6. The molecule has 0 spiro atoms. The van der Waals surface area contributed by atoms with E-state index >= 15 is 0 Å². The molecular formula is C13H12F3N3O3. The molecule has 2 aromatic rings. The molecular weight excluding hydrogens is 303 g/mol. The van der Waals surface area contributed by atoms with E-state index in [1.807, 2.05) is 0 Å². The Hall–Kier alpha value is -2.58. The Kier molecular flexibility index (Phi) is 4.07. The van der Waals surface area contributed by atoms with Crippen LogP contribution < -0.4 is 5.69 Å². The second-order valence-corrected chi connectivity index (χ2v) is 4.49. The summed E-state index contributed by atoms with van der Waals surface area (Å²) in [5.74, 6) is -1.05. The van der Waals surface area contributed by atoms with Gasteiger partial charge in [0.05, 0.1) is 11.3 Å². The highest BCUT2D eigenvalue weighted by Crippen LogP contribution is 2.29. The molecule has 6 nitrogen and oxygen atoms in total. The maximum absolute atomic E-state index is 12.7. The average Bonchev–Trinajstić information content (AvgIpc) is 2.74. The topological polar surface area (TPSA) is 77.1 Å². The highest BCUT2D eigenvalue weighted by atomic mass is 19.4. The van der Waals surface area contributed by atoms with Gasteiger partial charge in [0.15, 0.2) is 0 Å². The maximum atomic E-state index is 12.7. The number of carboxylic acids is 1. The standard InChI is InChI=1S/C13H12F3N3O3/c1-2-10-17-19(12(22)18(10)7-11(20)21)9-5-3-4-8(6-9)13(14,15)16/h3-6H,2,7H2,1H3,(H,20,21). The minimum Gasteiger partial charge on any atom is -0.480 e. The molecule has 0 amide bonds. The molecule has 2 rings (SSSR count). The van der Waals surface area contributed by atoms with Crippen LogP contribution >= 0.6 is 0 Å². The van der Waals surface area contributed by atoms with Crippen molar-refractivity contribution in [1.82, 2.24) is 14.3 Å². The van der Waals surface area contributed by atoms with E-state index < -0.39 is 29.9 Å². The molecule has 1 aromatic heterocycles. The van der Waals surface area contributed by atoms with Crippen molar-refractivity contribution in [3.8, 4) is 5.69 Å². The van der Waals surface area contributed by atoms with E-state index in [0.29, 0.717) is 0 Å². The molecule has 0 saturated carbocycles. The van der Waals surface area contributed by atoms with Crippen LogP contribution in [0.3, 0.4) is 0 Å². The molecule has 0 atom stereocenters. The Morgan fingerprint density at radius 3 is 2.59 bits per heavy atom. The Bertz CT molecular complexity index is 762. The summed E-state index contributed by atoms with van der Waals surface area (Å²) >= 11 is 0. The van der Waals surface area contributed by atoms with E-state index in [2.05, 4.69) is 5.10 Å². The van der Waals surface area contributed by atoms with E-state index in [1.54, 1.807) is 6.92 Å². The second kappa shape index (κ2) is 5.66. The van der Waals surface area contributed by atoms with Crippen LogP contribution in [0.4, 0.5) is 13.2 Å². The number of hydrogen-bond donors (Lipinski definition) is 1. The summed E-state index contributed by atoms with van der Waals surface area (Å²) in [6, 6.07) is 4.13. The van der Waals surface area contributed by atoms with E-state index in [4.69, 9.17) is 5.11 Å². The van der Waals surface area contributed by atoms with Crippen molar-refractivity contribution < 1.29 is 23.1 Å². The van der Waals surface area contributed by atoms with Gasteiger partial charge in [0.25, 0.3) is 0 Å². The summed E-state index contributed by atoms with van der Waals surface area (Å²) in [6.07, 6.45) is -4.27. The number of aromatic nitrogens is 3. The first-order valence-electron chi connectivity index (χ1n) is 6.32. The third-order valence-electron chi connectivity index (χ3n) is 2.97. The number of benzene rings is 1. The Morgan fingerprint density at radius 1 is 1.36 bits per heavy atom. The molecule has 1 N–H and O–H groups in total. The van der Waals surface area contributed by atoms with Crippen LogP contribution in [0.1, 0.15) is 18.3 Å². The smallest absolute Gasteiger partial charge is 0.416 e. The SMILES string of the molecule is CCc1nn(-c2cccc(C(F)(F)F)c2)c(=O)n1CC(=O)O. The van der Waals surface area contributed by atoms with Crippen molar-refractivity contribution in [3.05, 3.63) is 46.1 Å². The van der Waals surface area contributed by atoms with Gasteiger partial charge in [-0.3, -0.25) is 9.36 Å². The second-order valence-electron chi connectivity index (χ2n) is 4.49. The quantitative estimate of drug-likeness (QED) is 0.931. The Morgan fingerprint density at radius 2 is 2.05 bits per heavy atom. The van der Waals surface area contributed by atoms with Crippen LogP contribution in [-0.2, 0) is 23.9 Å². The summed E-state index contributed by atoms with van der Waals surface area (Å²) < 4.78 is 39.8. The van der Waals surface area contributed by atoms with E-state index in [0.717, 1.165) is 27.4 Å². The van der Waals surface area contributed by atoms with E-state index in [1.165, 1.54) is 6.07 Å². The molecule has 0 saturated heterocycles. The molecule has 0 unspecified atom stereocenters. The number of nitrogens with zero attached hydrogens (tertiary/aromatic N) is 3. The third-order valence-corrected chi connectivity index (χ3v) is 2.97. The van der Waals surface area contributed by atoms with Crippen molar-refractivity contribution in [2.45, 2.75) is 26.1 Å². The first kappa shape index (κ1) is 15.8. The van der Waals surface area contributed by atoms with Gasteiger partial charge in [0.2, 0.25) is 0 Å². The average molecular weight is 315 g/mol. The number of hydrogen-bond acceptors (Lipinski definition) is 3. The molecule has 0 aliphatic rings. The lowest BCUT2D eigenvalue weighted by Gasteiger charge is -2.07. The fourth-order valence-corrected chi connectivity index (χ4v) is 1.97. The minimum absolute atomic E-state index is 0.0707. The predicted octanol–water partition coefficient (Wildman–Crippen LogP) is 1.70. The van der Waals surface area contributed by atoms with Crippen molar-refractivity contribution in [2.24, 2.45) is 0 Å². The van der Waals surface area contributed by atoms with E-state index in [9.17, 15) is 22.8 Å². The maximum Gasteiger partial charge on any atom is 0.416 e. The zero-order chi connectivity index (χ0) is 16.5. The zero-order valence-corrected chi connectivity index (χ0v) is 11.5. The van der Waals surface area contributed by atoms with Crippen LogP contribution in [0.5, 0.6) is 0 Å². The van der Waals surface area contributed by atoms with Crippen molar-refractivity contribution in [2.75, 3.05) is 0 Å². The Labute approximate surface area is 122 Å². The molecule has 0 bridgehead atoms. The van der Waals surface area contributed by atoms with Crippen molar-refractivity contribution >= 4 is 5.97 Å². The van der Waals surface area contributed by atoms with E-state index in [-0.39, 0.29) is 17.9 Å². The number of halogens is 3. The lowest BCUT2D eigenvalue weighted by atomic mass is 10.2. The predicted molar refractivity (Wildman–Crippen MR) is 69.8 cm³/mol. The van der Waals surface area contributed by atoms with Crippen LogP contribution in [0.25, 0.3) is 5.69 Å². The molecule has 9 heteroatoms. The van der Waals surface area contributed by atoms with Gasteiger partial charge < -0.3 is 5.11 Å². The zero-order valence-electron chi connectivity index (χ0n) is 11.5. The molecule has 0 fully saturated rings. The number of carboxylic acid groups (broad SMARTS) is 1. The first-order valence-corrected chi connectivity index (χ1v) is 6.32. The lowest BCUT2D eigenvalue weighted by Crippen LogP contribution is -2.27. The molecule has 0 radical (unpaired) electrons. The van der Waals surface area contributed by atoms with Gasteiger partial charge in [0.1, 0.15) is 12.4 Å². The van der Waals surface area contributed by atoms with Crippen LogP contribution in [-0.4, -0.2) is 25.4 Å². The summed E-state index contributed by atoms with van der Waals surface area (Å²) in [5, 5.41) is 12.7. The fraction of sp³-hybridized carbons (Fsp3) is 0.308. The molecule has 1 aromatic carbocycles. The summed E-state index contributed by atoms with van der Waals surface area (Å²) in [6.45, 7) is 1.07. The largest absolute Gasteiger partial charge is 0.480 e. The van der Waals surface area contributed by atoms with Crippen LogP contribution in [0, 0.1) is 0 Å². The first-order chi connectivity index (χ1) is 10.2. The van der Waals surface area contributed by atoms with Gasteiger partial charge in [-0.25, -0.2) is 4.79 Å². The lowest BCUT2D eigenvalue weighted by molar-refractivity contribution is -0.138. The summed E-state index contributed by atoms with van der Waals surface area (Å²) in [7, 11) is 0. The highest BCUT2D eigenvalue weighted by molar-refractivity contribution is 5.66. The van der Waals surface area contributed by atoms with Gasteiger partial charge >= 0.3 is 17.8 Å². The monoisotopic (exact) mass is 315 g/mol. The fourth-order valence-electron chi connectivity index (χ4n) is 1.97. The molecule has 22 heavy (non-hydrogen) atoms.